The topological polar surface area (TPSA) is 70.5 Å². The molecular formula is C12H14N2O3S. The van der Waals surface area contributed by atoms with E-state index in [4.69, 9.17) is 19.7 Å². The Labute approximate surface area is 109 Å². The Morgan fingerprint density at radius 1 is 1.17 bits per heavy atom. The molecule has 0 aliphatic rings. The highest BCUT2D eigenvalue weighted by Crippen LogP contribution is 2.39. The van der Waals surface area contributed by atoms with Gasteiger partial charge in [-0.05, 0) is 18.4 Å². The average Bonchev–Trinajstić information content (AvgIpc) is 2.83. The predicted octanol–water partition coefficient (Wildman–Crippen LogP) is 2.66. The van der Waals surface area contributed by atoms with Crippen molar-refractivity contribution in [1.82, 2.24) is 5.16 Å². The van der Waals surface area contributed by atoms with E-state index >= 15 is 0 Å². The van der Waals surface area contributed by atoms with Crippen LogP contribution in [0.4, 0.5) is 5.82 Å². The van der Waals surface area contributed by atoms with Crippen LogP contribution >= 0.6 is 11.8 Å². The van der Waals surface area contributed by atoms with E-state index in [1.54, 1.807) is 32.0 Å². The SMILES string of the molecule is COc1cc(-c2cc(N)no2)c(OC)cc1SC. The summed E-state index contributed by atoms with van der Waals surface area (Å²) >= 11 is 1.58. The Balaban J connectivity index is 2.58. The smallest absolute Gasteiger partial charge is 0.172 e. The van der Waals surface area contributed by atoms with Crippen LogP contribution in [0, 0.1) is 0 Å². The van der Waals surface area contributed by atoms with Gasteiger partial charge in [-0.3, -0.25) is 0 Å². The number of nitrogens with two attached hydrogens (primary N) is 1. The summed E-state index contributed by atoms with van der Waals surface area (Å²) in [5.41, 5.74) is 6.31. The molecule has 0 saturated carbocycles. The second-order valence-corrected chi connectivity index (χ2v) is 4.37. The lowest BCUT2D eigenvalue weighted by molar-refractivity contribution is 0.391. The highest BCUT2D eigenvalue weighted by molar-refractivity contribution is 7.98. The fourth-order valence-electron chi connectivity index (χ4n) is 1.64. The third-order valence-electron chi connectivity index (χ3n) is 2.50. The third kappa shape index (κ3) is 2.24. The van der Waals surface area contributed by atoms with Crippen LogP contribution in [0.3, 0.4) is 0 Å². The molecule has 0 atom stereocenters. The first-order chi connectivity index (χ1) is 8.69. The molecule has 0 aliphatic heterocycles. The molecule has 18 heavy (non-hydrogen) atoms. The van der Waals surface area contributed by atoms with Gasteiger partial charge in [-0.25, -0.2) is 0 Å². The van der Waals surface area contributed by atoms with Gasteiger partial charge in [0.2, 0.25) is 0 Å². The summed E-state index contributed by atoms with van der Waals surface area (Å²) in [4.78, 5) is 0.991. The van der Waals surface area contributed by atoms with E-state index in [0.29, 0.717) is 17.3 Å². The molecule has 6 heteroatoms. The molecule has 1 aromatic heterocycles. The predicted molar refractivity (Wildman–Crippen MR) is 71.2 cm³/mol. The molecule has 2 aromatic rings. The number of methoxy groups -OCH3 is 2. The summed E-state index contributed by atoms with van der Waals surface area (Å²) in [7, 11) is 3.23. The lowest BCUT2D eigenvalue weighted by Gasteiger charge is -2.11. The lowest BCUT2D eigenvalue weighted by Crippen LogP contribution is -1.92. The molecule has 1 heterocycles. The molecule has 0 radical (unpaired) electrons. The highest BCUT2D eigenvalue weighted by atomic mass is 32.2. The fraction of sp³-hybridized carbons (Fsp3) is 0.250. The zero-order valence-corrected chi connectivity index (χ0v) is 11.2. The normalized spacial score (nSPS) is 10.4. The van der Waals surface area contributed by atoms with Crippen molar-refractivity contribution in [2.45, 2.75) is 4.90 Å². The van der Waals surface area contributed by atoms with Crippen LogP contribution < -0.4 is 15.2 Å². The summed E-state index contributed by atoms with van der Waals surface area (Å²) in [6, 6.07) is 5.40. The van der Waals surface area contributed by atoms with Crippen LogP contribution in [-0.2, 0) is 0 Å². The summed E-state index contributed by atoms with van der Waals surface area (Å²) in [5.74, 6) is 2.33. The van der Waals surface area contributed by atoms with Crippen molar-refractivity contribution in [3.8, 4) is 22.8 Å². The van der Waals surface area contributed by atoms with Gasteiger partial charge in [0.05, 0.1) is 24.7 Å². The van der Waals surface area contributed by atoms with E-state index < -0.39 is 0 Å². The molecule has 0 aliphatic carbocycles. The van der Waals surface area contributed by atoms with E-state index in [0.717, 1.165) is 16.2 Å². The summed E-state index contributed by atoms with van der Waals surface area (Å²) in [5, 5.41) is 3.67. The average molecular weight is 266 g/mol. The van der Waals surface area contributed by atoms with Gasteiger partial charge in [0.1, 0.15) is 11.5 Å². The van der Waals surface area contributed by atoms with Crippen molar-refractivity contribution in [1.29, 1.82) is 0 Å². The second-order valence-electron chi connectivity index (χ2n) is 3.52. The van der Waals surface area contributed by atoms with Gasteiger partial charge in [0.15, 0.2) is 11.6 Å². The van der Waals surface area contributed by atoms with Crippen LogP contribution in [0.2, 0.25) is 0 Å². The first kappa shape index (κ1) is 12.6. The molecule has 0 fully saturated rings. The molecule has 0 saturated heterocycles. The van der Waals surface area contributed by atoms with Crippen LogP contribution in [-0.4, -0.2) is 25.6 Å². The minimum atomic E-state index is 0.333. The minimum Gasteiger partial charge on any atom is -0.496 e. The van der Waals surface area contributed by atoms with E-state index in [-0.39, 0.29) is 0 Å². The van der Waals surface area contributed by atoms with Gasteiger partial charge < -0.3 is 19.7 Å². The first-order valence-electron chi connectivity index (χ1n) is 5.22. The molecule has 5 nitrogen and oxygen atoms in total. The number of thioether (sulfide) groups is 1. The van der Waals surface area contributed by atoms with Crippen LogP contribution in [0.25, 0.3) is 11.3 Å². The van der Waals surface area contributed by atoms with Gasteiger partial charge in [-0.2, -0.15) is 0 Å². The Bertz CT molecular complexity index is 554. The lowest BCUT2D eigenvalue weighted by atomic mass is 10.1. The highest BCUT2D eigenvalue weighted by Gasteiger charge is 2.15. The maximum Gasteiger partial charge on any atom is 0.172 e. The molecule has 96 valence electrons. The second kappa shape index (κ2) is 5.22. The van der Waals surface area contributed by atoms with Crippen molar-refractivity contribution in [2.24, 2.45) is 0 Å². The van der Waals surface area contributed by atoms with E-state index in [1.807, 2.05) is 18.4 Å². The Morgan fingerprint density at radius 2 is 1.89 bits per heavy atom. The Morgan fingerprint density at radius 3 is 2.39 bits per heavy atom. The number of ether oxygens (including phenoxy) is 2. The maximum absolute atomic E-state index is 5.55. The van der Waals surface area contributed by atoms with Crippen molar-refractivity contribution >= 4 is 17.6 Å². The molecule has 0 amide bonds. The molecular weight excluding hydrogens is 252 g/mol. The first-order valence-corrected chi connectivity index (χ1v) is 6.44. The molecule has 1 aromatic carbocycles. The van der Waals surface area contributed by atoms with Gasteiger partial charge in [0.25, 0.3) is 0 Å². The standard InChI is InChI=1S/C12H14N2O3S/c1-15-8-5-11(18-3)10(16-2)4-7(8)9-6-12(13)14-17-9/h4-6H,1-3H3,(H2,13,14). The van der Waals surface area contributed by atoms with Crippen molar-refractivity contribution < 1.29 is 14.0 Å². The molecule has 0 spiro atoms. The van der Waals surface area contributed by atoms with Crippen LogP contribution in [0.5, 0.6) is 11.5 Å². The quantitative estimate of drug-likeness (QED) is 0.858. The van der Waals surface area contributed by atoms with Gasteiger partial charge in [0, 0.05) is 6.07 Å². The molecule has 0 unspecified atom stereocenters. The van der Waals surface area contributed by atoms with Crippen molar-refractivity contribution in [3.05, 3.63) is 18.2 Å². The van der Waals surface area contributed by atoms with Gasteiger partial charge >= 0.3 is 0 Å². The Kier molecular flexibility index (Phi) is 3.66. The maximum atomic E-state index is 5.55. The van der Waals surface area contributed by atoms with Crippen LogP contribution in [0.1, 0.15) is 0 Å². The van der Waals surface area contributed by atoms with Crippen LogP contribution in [0.15, 0.2) is 27.6 Å². The zero-order chi connectivity index (χ0) is 13.1. The number of aromatic nitrogens is 1. The summed E-state index contributed by atoms with van der Waals surface area (Å²) < 4.78 is 15.8. The summed E-state index contributed by atoms with van der Waals surface area (Å²) in [6.07, 6.45) is 1.98. The Hall–Kier alpha value is -1.82. The van der Waals surface area contributed by atoms with Crippen molar-refractivity contribution in [3.63, 3.8) is 0 Å². The minimum absolute atomic E-state index is 0.333. The van der Waals surface area contributed by atoms with E-state index in [1.165, 1.54) is 0 Å². The van der Waals surface area contributed by atoms with Crippen molar-refractivity contribution in [2.75, 3.05) is 26.2 Å². The van der Waals surface area contributed by atoms with Gasteiger partial charge in [-0.1, -0.05) is 5.16 Å². The third-order valence-corrected chi connectivity index (χ3v) is 3.26. The number of hydrogen-bond donors (Lipinski definition) is 1. The molecule has 2 N–H and O–H groups in total. The number of rotatable bonds is 4. The monoisotopic (exact) mass is 266 g/mol. The van der Waals surface area contributed by atoms with E-state index in [9.17, 15) is 0 Å². The number of nitrogens with zero attached hydrogens (tertiary/aromatic N) is 1. The van der Waals surface area contributed by atoms with E-state index in [2.05, 4.69) is 5.16 Å². The fourth-order valence-corrected chi connectivity index (χ4v) is 2.21. The number of benzene rings is 1. The molecule has 2 rings (SSSR count). The number of anilines is 1. The summed E-state index contributed by atoms with van der Waals surface area (Å²) in [6.45, 7) is 0. The van der Waals surface area contributed by atoms with Gasteiger partial charge in [-0.15, -0.1) is 11.8 Å². The largest absolute Gasteiger partial charge is 0.496 e. The molecule has 0 bridgehead atoms. The number of hydrogen-bond acceptors (Lipinski definition) is 6. The number of nitrogen functional groups attached to an aromatic ring is 1. The zero-order valence-electron chi connectivity index (χ0n) is 10.4.